The molecule has 0 spiro atoms. The summed E-state index contributed by atoms with van der Waals surface area (Å²) in [5.74, 6) is -6.65. The lowest BCUT2D eigenvalue weighted by Crippen LogP contribution is -2.31. The fraction of sp³-hybridized carbons (Fsp3) is 0.316. The zero-order valence-electron chi connectivity index (χ0n) is 15.4. The van der Waals surface area contributed by atoms with Crippen LogP contribution in [-0.2, 0) is 21.7 Å². The number of nitrogens with one attached hydrogen (secondary N) is 1. The van der Waals surface area contributed by atoms with E-state index in [4.69, 9.17) is 23.2 Å². The first-order valence-electron chi connectivity index (χ1n) is 8.74. The van der Waals surface area contributed by atoms with Gasteiger partial charge in [-0.25, -0.2) is 18.0 Å². The number of rotatable bonds is 4. The molecule has 12 heteroatoms. The van der Waals surface area contributed by atoms with E-state index < -0.39 is 35.7 Å². The normalized spacial score (nSPS) is 16.6. The van der Waals surface area contributed by atoms with E-state index in [9.17, 15) is 31.1 Å². The number of fused-ring (bicyclic) bond motifs is 1. The monoisotopic (exact) mass is 503 g/mol. The second kappa shape index (κ2) is 9.48. The summed E-state index contributed by atoms with van der Waals surface area (Å²) in [6.07, 6.45) is -6.21. The van der Waals surface area contributed by atoms with Gasteiger partial charge in [0.1, 0.15) is 6.10 Å². The first-order chi connectivity index (χ1) is 14.5. The molecule has 0 aromatic heterocycles. The minimum absolute atomic E-state index is 0.0116. The van der Waals surface area contributed by atoms with Crippen LogP contribution in [0.2, 0.25) is 10.0 Å². The van der Waals surface area contributed by atoms with Gasteiger partial charge in [-0.1, -0.05) is 23.2 Å². The largest absolute Gasteiger partial charge is 0.490 e. The number of halogens is 8. The van der Waals surface area contributed by atoms with Crippen molar-refractivity contribution in [2.75, 3.05) is 13.1 Å². The quantitative estimate of drug-likeness (QED) is 0.240. The zero-order valence-corrected chi connectivity index (χ0v) is 17.7. The van der Waals surface area contributed by atoms with E-state index in [-0.39, 0.29) is 33.5 Å². The molecule has 3 nitrogen and oxygen atoms in total. The SMILES string of the molecule is O=C(OC1CNCCc2c(SCc3cc(F)c(F)c(F)c3)c(Cl)cc(Cl)c21)C(F)(F)F. The molecule has 2 aromatic rings. The van der Waals surface area contributed by atoms with Crippen molar-refractivity contribution in [1.29, 1.82) is 0 Å². The smallest absolute Gasteiger partial charge is 0.449 e. The molecule has 1 aliphatic rings. The van der Waals surface area contributed by atoms with Gasteiger partial charge in [0.15, 0.2) is 17.5 Å². The number of alkyl halides is 3. The van der Waals surface area contributed by atoms with Gasteiger partial charge in [0.25, 0.3) is 0 Å². The molecule has 168 valence electrons. The molecule has 0 aliphatic carbocycles. The molecular weight excluding hydrogens is 491 g/mol. The number of carbonyl (C=O) groups excluding carboxylic acids is 1. The van der Waals surface area contributed by atoms with E-state index in [1.807, 2.05) is 0 Å². The first-order valence-corrected chi connectivity index (χ1v) is 10.5. The van der Waals surface area contributed by atoms with E-state index in [0.717, 1.165) is 23.9 Å². The summed E-state index contributed by atoms with van der Waals surface area (Å²) in [6.45, 7) is 0.228. The van der Waals surface area contributed by atoms with Crippen molar-refractivity contribution in [2.24, 2.45) is 0 Å². The first kappa shape index (κ1) is 24.0. The van der Waals surface area contributed by atoms with Crippen LogP contribution in [0.3, 0.4) is 0 Å². The highest BCUT2D eigenvalue weighted by Crippen LogP contribution is 2.43. The standard InChI is InChI=1S/C19H13Cl2F6NO2S/c20-10-5-11(21)17(31-7-8-3-12(22)16(24)13(23)4-8)9-1-2-28-6-14(15(9)10)30-18(29)19(25,26)27/h3-5,14,28H,1-2,6-7H2. The van der Waals surface area contributed by atoms with E-state index in [2.05, 4.69) is 10.1 Å². The Morgan fingerprint density at radius 3 is 2.39 bits per heavy atom. The van der Waals surface area contributed by atoms with Gasteiger partial charge < -0.3 is 10.1 Å². The van der Waals surface area contributed by atoms with Gasteiger partial charge in [-0.05, 0) is 42.3 Å². The number of carbonyl (C=O) groups is 1. The van der Waals surface area contributed by atoms with Crippen LogP contribution < -0.4 is 5.32 Å². The molecule has 2 aromatic carbocycles. The van der Waals surface area contributed by atoms with Gasteiger partial charge in [-0.2, -0.15) is 13.2 Å². The van der Waals surface area contributed by atoms with Crippen LogP contribution in [0.25, 0.3) is 0 Å². The van der Waals surface area contributed by atoms with Gasteiger partial charge in [0.2, 0.25) is 0 Å². The number of thioether (sulfide) groups is 1. The van der Waals surface area contributed by atoms with Crippen LogP contribution in [-0.4, -0.2) is 25.2 Å². The molecule has 0 saturated carbocycles. The summed E-state index contributed by atoms with van der Waals surface area (Å²) in [4.78, 5) is 11.8. The third-order valence-electron chi connectivity index (χ3n) is 4.44. The van der Waals surface area contributed by atoms with Gasteiger partial charge in [0, 0.05) is 27.8 Å². The third kappa shape index (κ3) is 5.42. The average molecular weight is 504 g/mol. The van der Waals surface area contributed by atoms with Crippen LogP contribution >= 0.6 is 35.0 Å². The van der Waals surface area contributed by atoms with Gasteiger partial charge >= 0.3 is 12.1 Å². The minimum atomic E-state index is -5.18. The molecular formula is C19H13Cl2F6NO2S. The molecule has 31 heavy (non-hydrogen) atoms. The number of esters is 1. The molecule has 0 saturated heterocycles. The molecule has 0 fully saturated rings. The van der Waals surface area contributed by atoms with Crippen molar-refractivity contribution >= 4 is 40.9 Å². The van der Waals surface area contributed by atoms with E-state index in [1.165, 1.54) is 6.07 Å². The predicted octanol–water partition coefficient (Wildman–Crippen LogP) is 6.00. The van der Waals surface area contributed by atoms with Crippen LogP contribution in [0.4, 0.5) is 26.3 Å². The molecule has 1 atom stereocenters. The molecule has 1 aliphatic heterocycles. The number of benzene rings is 2. The fourth-order valence-corrected chi connectivity index (χ4v) is 4.96. The minimum Gasteiger partial charge on any atom is -0.449 e. The molecule has 0 bridgehead atoms. The second-order valence-electron chi connectivity index (χ2n) is 6.57. The number of hydrogen-bond donors (Lipinski definition) is 1. The Balaban J connectivity index is 1.96. The van der Waals surface area contributed by atoms with E-state index in [1.54, 1.807) is 0 Å². The van der Waals surface area contributed by atoms with Crippen LogP contribution in [0, 0.1) is 17.5 Å². The van der Waals surface area contributed by atoms with Crippen molar-refractivity contribution in [3.8, 4) is 0 Å². The lowest BCUT2D eigenvalue weighted by molar-refractivity contribution is -0.205. The Hall–Kier alpha value is -1.62. The predicted molar refractivity (Wildman–Crippen MR) is 104 cm³/mol. The third-order valence-corrected chi connectivity index (χ3v) is 6.39. The maximum Gasteiger partial charge on any atom is 0.490 e. The molecule has 1 heterocycles. The molecule has 3 rings (SSSR count). The van der Waals surface area contributed by atoms with Crippen molar-refractivity contribution in [3.63, 3.8) is 0 Å². The molecule has 1 N–H and O–H groups in total. The zero-order chi connectivity index (χ0) is 22.9. The van der Waals surface area contributed by atoms with E-state index >= 15 is 0 Å². The number of ether oxygens (including phenoxy) is 1. The summed E-state index contributed by atoms with van der Waals surface area (Å²) in [6, 6.07) is 2.97. The van der Waals surface area contributed by atoms with Crippen LogP contribution in [0.1, 0.15) is 22.8 Å². The molecule has 0 amide bonds. The second-order valence-corrected chi connectivity index (χ2v) is 8.37. The van der Waals surface area contributed by atoms with Gasteiger partial charge in [-0.3, -0.25) is 0 Å². The summed E-state index contributed by atoms with van der Waals surface area (Å²) in [7, 11) is 0. The Bertz CT molecular complexity index is 995. The van der Waals surface area contributed by atoms with Crippen molar-refractivity contribution < 1.29 is 35.9 Å². The summed E-state index contributed by atoms with van der Waals surface area (Å²) in [5, 5.41) is 3.06. The topological polar surface area (TPSA) is 38.3 Å². The Kier molecular flexibility index (Phi) is 7.35. The highest BCUT2D eigenvalue weighted by molar-refractivity contribution is 7.98. The summed E-state index contributed by atoms with van der Waals surface area (Å²) in [5.41, 5.74) is 0.760. The maximum absolute atomic E-state index is 13.5. The highest BCUT2D eigenvalue weighted by Gasteiger charge is 2.43. The van der Waals surface area contributed by atoms with Crippen LogP contribution in [0.15, 0.2) is 23.1 Å². The highest BCUT2D eigenvalue weighted by atomic mass is 35.5. The molecule has 1 unspecified atom stereocenters. The fourth-order valence-electron chi connectivity index (χ4n) is 3.11. The lowest BCUT2D eigenvalue weighted by atomic mass is 10.0. The van der Waals surface area contributed by atoms with Gasteiger partial charge in [0.05, 0.1) is 5.02 Å². The van der Waals surface area contributed by atoms with E-state index in [0.29, 0.717) is 23.4 Å². The summed E-state index contributed by atoms with van der Waals surface area (Å²) < 4.78 is 82.8. The van der Waals surface area contributed by atoms with Crippen molar-refractivity contribution in [3.05, 3.63) is 62.4 Å². The summed E-state index contributed by atoms with van der Waals surface area (Å²) >= 11 is 13.5. The van der Waals surface area contributed by atoms with Crippen molar-refractivity contribution in [1.82, 2.24) is 5.32 Å². The van der Waals surface area contributed by atoms with Crippen molar-refractivity contribution in [2.45, 2.75) is 29.3 Å². The lowest BCUT2D eigenvalue weighted by Gasteiger charge is -2.22. The van der Waals surface area contributed by atoms with Crippen LogP contribution in [0.5, 0.6) is 0 Å². The number of hydrogen-bond acceptors (Lipinski definition) is 4. The maximum atomic E-state index is 13.5. The molecule has 0 radical (unpaired) electrons. The Labute approximate surface area is 187 Å². The Morgan fingerprint density at radius 2 is 1.77 bits per heavy atom. The van der Waals surface area contributed by atoms with Gasteiger partial charge in [-0.15, -0.1) is 11.8 Å². The average Bonchev–Trinajstić information content (AvgIpc) is 2.87. The Morgan fingerprint density at radius 1 is 1.13 bits per heavy atom.